The van der Waals surface area contributed by atoms with Crippen LogP contribution in [0.5, 0.6) is 5.75 Å². The minimum absolute atomic E-state index is 0.191. The quantitative estimate of drug-likeness (QED) is 0.344. The average molecular weight is 356 g/mol. The monoisotopic (exact) mass is 356 g/mol. The van der Waals surface area contributed by atoms with Gasteiger partial charge >= 0.3 is 5.97 Å². The third kappa shape index (κ3) is 4.83. The van der Waals surface area contributed by atoms with Crippen LogP contribution in [-0.2, 0) is 9.53 Å². The fraction of sp³-hybridized carbons (Fsp3) is 0.211. The zero-order valence-corrected chi connectivity index (χ0v) is 14.6. The van der Waals surface area contributed by atoms with E-state index in [1.165, 1.54) is 0 Å². The molecular weight excluding hydrogens is 336 g/mol. The highest BCUT2D eigenvalue weighted by atomic mass is 16.5. The molecule has 0 unspecified atom stereocenters. The van der Waals surface area contributed by atoms with Crippen LogP contribution in [0, 0.1) is 0 Å². The van der Waals surface area contributed by atoms with Crippen LogP contribution in [0.1, 0.15) is 29.3 Å². The molecule has 136 valence electrons. The highest BCUT2D eigenvalue weighted by Crippen LogP contribution is 2.17. The smallest absolute Gasteiger partial charge is 0.340 e. The van der Waals surface area contributed by atoms with Crippen molar-refractivity contribution in [2.75, 3.05) is 19.0 Å². The van der Waals surface area contributed by atoms with Gasteiger partial charge in [0.2, 0.25) is 5.91 Å². The van der Waals surface area contributed by atoms with E-state index >= 15 is 0 Å². The summed E-state index contributed by atoms with van der Waals surface area (Å²) >= 11 is 0. The first kappa shape index (κ1) is 19.0. The van der Waals surface area contributed by atoms with Gasteiger partial charge in [-0.3, -0.25) is 4.79 Å². The van der Waals surface area contributed by atoms with Gasteiger partial charge in [-0.25, -0.2) is 4.79 Å². The summed E-state index contributed by atoms with van der Waals surface area (Å²) < 4.78 is 10.3. The molecule has 2 aromatic rings. The maximum atomic E-state index is 12.4. The molecule has 0 bridgehead atoms. The predicted octanol–water partition coefficient (Wildman–Crippen LogP) is 3.08. The summed E-state index contributed by atoms with van der Waals surface area (Å²) in [6.07, 6.45) is 0.294. The van der Waals surface area contributed by atoms with Crippen LogP contribution in [0.15, 0.2) is 53.7 Å². The van der Waals surface area contributed by atoms with E-state index in [1.807, 2.05) is 0 Å². The van der Waals surface area contributed by atoms with Crippen LogP contribution in [-0.4, -0.2) is 36.5 Å². The Kier molecular flexibility index (Phi) is 6.73. The van der Waals surface area contributed by atoms with E-state index in [9.17, 15) is 14.8 Å². The molecule has 26 heavy (non-hydrogen) atoms. The Morgan fingerprint density at radius 2 is 1.81 bits per heavy atom. The molecule has 0 saturated carbocycles. The molecule has 7 nitrogen and oxygen atoms in total. The molecule has 0 aromatic heterocycles. The summed E-state index contributed by atoms with van der Waals surface area (Å²) in [7, 11) is 1.55. The molecule has 0 saturated heterocycles. The van der Waals surface area contributed by atoms with E-state index in [1.54, 1.807) is 62.6 Å². The van der Waals surface area contributed by atoms with Crippen molar-refractivity contribution in [3.05, 3.63) is 59.7 Å². The fourth-order valence-corrected chi connectivity index (χ4v) is 2.17. The van der Waals surface area contributed by atoms with Crippen LogP contribution in [0.25, 0.3) is 0 Å². The Morgan fingerprint density at radius 3 is 2.42 bits per heavy atom. The van der Waals surface area contributed by atoms with Gasteiger partial charge in [0.1, 0.15) is 18.1 Å². The van der Waals surface area contributed by atoms with Gasteiger partial charge in [0.05, 0.1) is 18.4 Å². The van der Waals surface area contributed by atoms with Crippen LogP contribution < -0.4 is 10.1 Å². The van der Waals surface area contributed by atoms with Gasteiger partial charge in [0.15, 0.2) is 0 Å². The number of nitrogens with zero attached hydrogens (tertiary/aromatic N) is 1. The molecule has 0 aliphatic carbocycles. The number of para-hydroxylation sites is 1. The molecule has 0 aliphatic heterocycles. The normalized spacial score (nSPS) is 10.9. The molecule has 2 rings (SSSR count). The van der Waals surface area contributed by atoms with Crippen molar-refractivity contribution in [1.82, 2.24) is 0 Å². The maximum absolute atomic E-state index is 12.4. The molecule has 2 aromatic carbocycles. The summed E-state index contributed by atoms with van der Waals surface area (Å²) in [5.74, 6) is -0.184. The van der Waals surface area contributed by atoms with E-state index in [0.717, 1.165) is 0 Å². The highest BCUT2D eigenvalue weighted by molar-refractivity contribution is 6.05. The number of oxime groups is 1. The first-order valence-electron chi connectivity index (χ1n) is 8.00. The second-order valence-electron chi connectivity index (χ2n) is 5.30. The van der Waals surface area contributed by atoms with E-state index in [2.05, 4.69) is 10.5 Å². The minimum Gasteiger partial charge on any atom is -0.497 e. The number of benzene rings is 2. The zero-order valence-electron chi connectivity index (χ0n) is 14.6. The lowest BCUT2D eigenvalue weighted by Gasteiger charge is -2.11. The standard InChI is InChI=1S/C19H20N2O5/c1-3-18(22)20-16-7-5-4-6-15(16)19(23)26-12-17(21-24)13-8-10-14(25-2)11-9-13/h4-11,24H,3,12H2,1-2H3,(H,20,22)/b21-17+. The molecule has 0 heterocycles. The minimum atomic E-state index is -0.633. The van der Waals surface area contributed by atoms with Crippen molar-refractivity contribution in [1.29, 1.82) is 0 Å². The SMILES string of the molecule is CCC(=O)Nc1ccccc1C(=O)OC/C(=N\O)c1ccc(OC)cc1. The molecule has 7 heteroatoms. The fourth-order valence-electron chi connectivity index (χ4n) is 2.17. The van der Waals surface area contributed by atoms with Crippen LogP contribution in [0.2, 0.25) is 0 Å². The summed E-state index contributed by atoms with van der Waals surface area (Å²) in [6, 6.07) is 13.3. The van der Waals surface area contributed by atoms with E-state index in [4.69, 9.17) is 9.47 Å². The molecule has 0 aliphatic rings. The van der Waals surface area contributed by atoms with Crippen molar-refractivity contribution < 1.29 is 24.3 Å². The average Bonchev–Trinajstić information content (AvgIpc) is 2.69. The second kappa shape index (κ2) is 9.22. The van der Waals surface area contributed by atoms with E-state index in [0.29, 0.717) is 23.4 Å². The topological polar surface area (TPSA) is 97.2 Å². The predicted molar refractivity (Wildman–Crippen MR) is 97.0 cm³/mol. The molecule has 1 amide bonds. The Morgan fingerprint density at radius 1 is 1.12 bits per heavy atom. The number of esters is 1. The number of hydrogen-bond donors (Lipinski definition) is 2. The summed E-state index contributed by atoms with van der Waals surface area (Å²) in [5, 5.41) is 15.0. The van der Waals surface area contributed by atoms with E-state index < -0.39 is 5.97 Å². The van der Waals surface area contributed by atoms with E-state index in [-0.39, 0.29) is 23.8 Å². The van der Waals surface area contributed by atoms with Gasteiger partial charge in [-0.15, -0.1) is 0 Å². The Hall–Kier alpha value is -3.35. The van der Waals surface area contributed by atoms with Crippen LogP contribution >= 0.6 is 0 Å². The Balaban J connectivity index is 2.08. The highest BCUT2D eigenvalue weighted by Gasteiger charge is 2.15. The lowest BCUT2D eigenvalue weighted by atomic mass is 10.1. The molecule has 0 fully saturated rings. The van der Waals surface area contributed by atoms with Crippen molar-refractivity contribution in [3.63, 3.8) is 0 Å². The van der Waals surface area contributed by atoms with Crippen molar-refractivity contribution in [3.8, 4) is 5.75 Å². The van der Waals surface area contributed by atoms with Crippen molar-refractivity contribution >= 4 is 23.3 Å². The van der Waals surface area contributed by atoms with Gasteiger partial charge in [-0.1, -0.05) is 24.2 Å². The number of hydrogen-bond acceptors (Lipinski definition) is 6. The van der Waals surface area contributed by atoms with Crippen molar-refractivity contribution in [2.45, 2.75) is 13.3 Å². The van der Waals surface area contributed by atoms with Crippen LogP contribution in [0.3, 0.4) is 0 Å². The maximum Gasteiger partial charge on any atom is 0.340 e. The van der Waals surface area contributed by atoms with Gasteiger partial charge < -0.3 is 20.0 Å². The summed E-state index contributed by atoms with van der Waals surface area (Å²) in [5.41, 5.74) is 1.38. The Labute approximate surface area is 151 Å². The van der Waals surface area contributed by atoms with Gasteiger partial charge in [-0.2, -0.15) is 0 Å². The molecule has 0 spiro atoms. The third-order valence-corrected chi connectivity index (χ3v) is 3.63. The summed E-state index contributed by atoms with van der Waals surface area (Å²) in [6.45, 7) is 1.49. The lowest BCUT2D eigenvalue weighted by molar-refractivity contribution is -0.115. The molecule has 2 N–H and O–H groups in total. The molecule has 0 radical (unpaired) electrons. The molecule has 0 atom stereocenters. The first-order chi connectivity index (χ1) is 12.6. The number of amides is 1. The largest absolute Gasteiger partial charge is 0.497 e. The number of nitrogens with one attached hydrogen (secondary N) is 1. The second-order valence-corrected chi connectivity index (χ2v) is 5.30. The lowest BCUT2D eigenvalue weighted by Crippen LogP contribution is -2.18. The number of carbonyl (C=O) groups is 2. The number of methoxy groups -OCH3 is 1. The number of carbonyl (C=O) groups excluding carboxylic acids is 2. The van der Waals surface area contributed by atoms with Gasteiger partial charge in [0.25, 0.3) is 0 Å². The van der Waals surface area contributed by atoms with Crippen LogP contribution in [0.4, 0.5) is 5.69 Å². The summed E-state index contributed by atoms with van der Waals surface area (Å²) in [4.78, 5) is 23.9. The zero-order chi connectivity index (χ0) is 18.9. The van der Waals surface area contributed by atoms with Gasteiger partial charge in [-0.05, 0) is 36.4 Å². The van der Waals surface area contributed by atoms with Crippen molar-refractivity contribution in [2.24, 2.45) is 5.16 Å². The Bertz CT molecular complexity index is 800. The number of ether oxygens (including phenoxy) is 2. The third-order valence-electron chi connectivity index (χ3n) is 3.63. The number of rotatable bonds is 7. The first-order valence-corrected chi connectivity index (χ1v) is 8.00. The number of anilines is 1. The molecular formula is C19H20N2O5. The van der Waals surface area contributed by atoms with Gasteiger partial charge in [0, 0.05) is 12.0 Å².